The summed E-state index contributed by atoms with van der Waals surface area (Å²) in [6.45, 7) is 5.04. The molecule has 1 heterocycles. The highest BCUT2D eigenvalue weighted by atomic mass is 16.3. The van der Waals surface area contributed by atoms with Crippen LogP contribution in [0.15, 0.2) is 24.3 Å². The highest BCUT2D eigenvalue weighted by Gasteiger charge is 2.29. The van der Waals surface area contributed by atoms with Crippen LogP contribution in [0.2, 0.25) is 0 Å². The van der Waals surface area contributed by atoms with E-state index in [1.807, 2.05) is 38.1 Å². The molecule has 20 heavy (non-hydrogen) atoms. The average molecular weight is 275 g/mol. The Morgan fingerprint density at radius 1 is 1.30 bits per heavy atom. The highest BCUT2D eigenvalue weighted by Crippen LogP contribution is 2.21. The number of hydrogen-bond donors (Lipinski definition) is 1. The number of benzene rings is 1. The van der Waals surface area contributed by atoms with Gasteiger partial charge in [-0.25, -0.2) is 0 Å². The molecule has 0 bridgehead atoms. The van der Waals surface area contributed by atoms with E-state index in [-0.39, 0.29) is 24.5 Å². The molecule has 1 aromatic rings. The quantitative estimate of drug-likeness (QED) is 0.859. The van der Waals surface area contributed by atoms with Gasteiger partial charge >= 0.3 is 0 Å². The fraction of sp³-hybridized carbons (Fsp3) is 0.588. The molecule has 3 heteroatoms. The van der Waals surface area contributed by atoms with Gasteiger partial charge in [0.2, 0.25) is 0 Å². The van der Waals surface area contributed by atoms with Crippen molar-refractivity contribution in [2.24, 2.45) is 0 Å². The van der Waals surface area contributed by atoms with E-state index in [1.54, 1.807) is 0 Å². The van der Waals surface area contributed by atoms with Gasteiger partial charge in [-0.05, 0) is 33.2 Å². The van der Waals surface area contributed by atoms with Crippen LogP contribution in [-0.4, -0.2) is 41.0 Å². The third-order valence-corrected chi connectivity index (χ3v) is 4.35. The summed E-state index contributed by atoms with van der Waals surface area (Å²) in [6, 6.07) is 7.73. The zero-order chi connectivity index (χ0) is 14.5. The number of likely N-dealkylation sites (tertiary alicyclic amines) is 1. The summed E-state index contributed by atoms with van der Waals surface area (Å²) in [5, 5.41) is 9.57. The fourth-order valence-corrected chi connectivity index (χ4v) is 3.02. The van der Waals surface area contributed by atoms with Crippen molar-refractivity contribution in [2.75, 3.05) is 13.2 Å². The predicted octanol–water partition coefficient (Wildman–Crippen LogP) is 2.80. The Hall–Kier alpha value is -1.19. The Labute approximate surface area is 121 Å². The molecule has 1 fully saturated rings. The summed E-state index contributed by atoms with van der Waals surface area (Å²) < 4.78 is 0. The van der Waals surface area contributed by atoms with Crippen LogP contribution in [0.3, 0.4) is 0 Å². The summed E-state index contributed by atoms with van der Waals surface area (Å²) in [7, 11) is 0. The van der Waals surface area contributed by atoms with E-state index in [0.717, 1.165) is 36.9 Å². The molecule has 110 valence electrons. The minimum Gasteiger partial charge on any atom is -0.395 e. The first-order valence-corrected chi connectivity index (χ1v) is 7.61. The van der Waals surface area contributed by atoms with Crippen LogP contribution in [0.4, 0.5) is 0 Å². The van der Waals surface area contributed by atoms with Crippen LogP contribution in [0.5, 0.6) is 0 Å². The Balaban J connectivity index is 2.13. The Kier molecular flexibility index (Phi) is 5.32. The zero-order valence-corrected chi connectivity index (χ0v) is 12.5. The van der Waals surface area contributed by atoms with Gasteiger partial charge in [-0.1, -0.05) is 42.7 Å². The second-order valence-electron chi connectivity index (χ2n) is 5.83. The van der Waals surface area contributed by atoms with Crippen LogP contribution in [0.25, 0.3) is 0 Å². The molecule has 2 rings (SSSR count). The smallest absolute Gasteiger partial charge is 0.179 e. The lowest BCUT2D eigenvalue weighted by Crippen LogP contribution is -2.47. The number of aryl methyl sites for hydroxylation is 1. The molecule has 1 aliphatic rings. The molecule has 1 aliphatic heterocycles. The minimum atomic E-state index is -0.159. The lowest BCUT2D eigenvalue weighted by Gasteiger charge is -2.33. The number of carbonyl (C=O) groups excluding carboxylic acids is 1. The van der Waals surface area contributed by atoms with E-state index in [0.29, 0.717) is 0 Å². The van der Waals surface area contributed by atoms with E-state index in [4.69, 9.17) is 0 Å². The standard InChI is InChI=1S/C17H25NO2/c1-13-7-9-15(10-8-13)17(20)14(2)18-11-5-3-4-6-16(18)12-19/h7-10,14,16,19H,3-6,11-12H2,1-2H3. The van der Waals surface area contributed by atoms with Crippen molar-refractivity contribution in [1.82, 2.24) is 4.90 Å². The number of ketones is 1. The number of nitrogens with zero attached hydrogens (tertiary/aromatic N) is 1. The van der Waals surface area contributed by atoms with Crippen molar-refractivity contribution >= 4 is 5.78 Å². The fourth-order valence-electron chi connectivity index (χ4n) is 3.02. The van der Waals surface area contributed by atoms with Gasteiger partial charge in [0.25, 0.3) is 0 Å². The predicted molar refractivity (Wildman–Crippen MR) is 81.0 cm³/mol. The van der Waals surface area contributed by atoms with E-state index in [9.17, 15) is 9.90 Å². The second kappa shape index (κ2) is 7.00. The molecule has 2 atom stereocenters. The molecule has 0 amide bonds. The number of carbonyl (C=O) groups is 1. The average Bonchev–Trinajstić information content (AvgIpc) is 2.71. The summed E-state index contributed by atoms with van der Waals surface area (Å²) in [5.74, 6) is 0.158. The first-order valence-electron chi connectivity index (χ1n) is 7.61. The van der Waals surface area contributed by atoms with Crippen molar-refractivity contribution in [3.05, 3.63) is 35.4 Å². The molecule has 0 radical (unpaired) electrons. The van der Waals surface area contributed by atoms with Gasteiger partial charge < -0.3 is 5.11 Å². The Morgan fingerprint density at radius 3 is 2.65 bits per heavy atom. The summed E-state index contributed by atoms with van der Waals surface area (Å²) in [6.07, 6.45) is 4.44. The molecular formula is C17H25NO2. The third-order valence-electron chi connectivity index (χ3n) is 4.35. The molecule has 1 N–H and O–H groups in total. The van der Waals surface area contributed by atoms with Crippen molar-refractivity contribution in [1.29, 1.82) is 0 Å². The molecular weight excluding hydrogens is 250 g/mol. The first kappa shape index (κ1) is 15.2. The van der Waals surface area contributed by atoms with E-state index in [1.165, 1.54) is 6.42 Å². The molecule has 0 aromatic heterocycles. The highest BCUT2D eigenvalue weighted by molar-refractivity contribution is 5.99. The van der Waals surface area contributed by atoms with Crippen molar-refractivity contribution < 1.29 is 9.90 Å². The van der Waals surface area contributed by atoms with E-state index < -0.39 is 0 Å². The molecule has 0 aliphatic carbocycles. The van der Waals surface area contributed by atoms with Crippen LogP contribution in [0, 0.1) is 6.92 Å². The number of aliphatic hydroxyl groups is 1. The zero-order valence-electron chi connectivity index (χ0n) is 12.5. The van der Waals surface area contributed by atoms with Gasteiger partial charge in [0.1, 0.15) is 0 Å². The van der Waals surface area contributed by atoms with Crippen molar-refractivity contribution in [3.63, 3.8) is 0 Å². The van der Waals surface area contributed by atoms with Crippen LogP contribution in [0.1, 0.15) is 48.5 Å². The second-order valence-corrected chi connectivity index (χ2v) is 5.83. The maximum absolute atomic E-state index is 12.6. The van der Waals surface area contributed by atoms with E-state index >= 15 is 0 Å². The van der Waals surface area contributed by atoms with Gasteiger partial charge in [0, 0.05) is 11.6 Å². The molecule has 2 unspecified atom stereocenters. The lowest BCUT2D eigenvalue weighted by atomic mass is 10.0. The van der Waals surface area contributed by atoms with Gasteiger partial charge in [-0.15, -0.1) is 0 Å². The first-order chi connectivity index (χ1) is 9.63. The van der Waals surface area contributed by atoms with Crippen LogP contribution >= 0.6 is 0 Å². The summed E-state index contributed by atoms with van der Waals surface area (Å²) >= 11 is 0. The largest absolute Gasteiger partial charge is 0.395 e. The molecule has 1 saturated heterocycles. The minimum absolute atomic E-state index is 0.127. The normalized spacial score (nSPS) is 22.2. The summed E-state index contributed by atoms with van der Waals surface area (Å²) in [5.41, 5.74) is 1.93. The molecule has 0 spiro atoms. The maximum atomic E-state index is 12.6. The number of rotatable bonds is 4. The maximum Gasteiger partial charge on any atom is 0.179 e. The third kappa shape index (κ3) is 3.47. The summed E-state index contributed by atoms with van der Waals surface area (Å²) in [4.78, 5) is 14.8. The van der Waals surface area contributed by atoms with Crippen molar-refractivity contribution in [3.8, 4) is 0 Å². The van der Waals surface area contributed by atoms with Gasteiger partial charge in [0.15, 0.2) is 5.78 Å². The van der Waals surface area contributed by atoms with E-state index in [2.05, 4.69) is 4.90 Å². The van der Waals surface area contributed by atoms with Crippen molar-refractivity contribution in [2.45, 2.75) is 51.6 Å². The van der Waals surface area contributed by atoms with Gasteiger partial charge in [-0.2, -0.15) is 0 Å². The number of aliphatic hydroxyl groups excluding tert-OH is 1. The monoisotopic (exact) mass is 275 g/mol. The SMILES string of the molecule is Cc1ccc(C(=O)C(C)N2CCCCCC2CO)cc1. The topological polar surface area (TPSA) is 40.5 Å². The molecule has 3 nitrogen and oxygen atoms in total. The van der Waals surface area contributed by atoms with Crippen LogP contribution in [-0.2, 0) is 0 Å². The Bertz CT molecular complexity index is 441. The van der Waals surface area contributed by atoms with Crippen LogP contribution < -0.4 is 0 Å². The number of hydrogen-bond acceptors (Lipinski definition) is 3. The Morgan fingerprint density at radius 2 is 2.00 bits per heavy atom. The molecule has 0 saturated carbocycles. The van der Waals surface area contributed by atoms with Gasteiger partial charge in [0.05, 0.1) is 12.6 Å². The lowest BCUT2D eigenvalue weighted by molar-refractivity contribution is 0.0650. The number of Topliss-reactive ketones (excluding diaryl/α,β-unsaturated/α-hetero) is 1. The van der Waals surface area contributed by atoms with Gasteiger partial charge in [-0.3, -0.25) is 9.69 Å². The molecule has 1 aromatic carbocycles.